The van der Waals surface area contributed by atoms with Crippen LogP contribution in [0.25, 0.3) is 0 Å². The van der Waals surface area contributed by atoms with E-state index < -0.39 is 0 Å². The van der Waals surface area contributed by atoms with Gasteiger partial charge in [-0.1, -0.05) is 12.1 Å². The second-order valence-electron chi connectivity index (χ2n) is 6.56. The molecule has 0 aliphatic carbocycles. The number of hydrogen-bond acceptors (Lipinski definition) is 3. The van der Waals surface area contributed by atoms with Gasteiger partial charge in [0.1, 0.15) is 5.82 Å². The number of rotatable bonds is 6. The Morgan fingerprint density at radius 1 is 1.38 bits per heavy atom. The maximum Gasteiger partial charge on any atom is 0.239 e. The molecule has 132 valence electrons. The lowest BCUT2D eigenvalue weighted by Gasteiger charge is -2.35. The molecule has 1 aromatic rings. The molecule has 0 spiro atoms. The number of primary amides is 1. The van der Waals surface area contributed by atoms with Crippen molar-refractivity contribution in [3.63, 3.8) is 0 Å². The van der Waals surface area contributed by atoms with Crippen LogP contribution in [-0.2, 0) is 16.0 Å². The van der Waals surface area contributed by atoms with Gasteiger partial charge in [-0.15, -0.1) is 0 Å². The van der Waals surface area contributed by atoms with E-state index in [1.165, 1.54) is 12.1 Å². The molecular formula is C18H26FN3O2. The lowest BCUT2D eigenvalue weighted by molar-refractivity contribution is -0.139. The first-order valence-electron chi connectivity index (χ1n) is 8.41. The first-order valence-corrected chi connectivity index (χ1v) is 8.41. The molecule has 0 bridgehead atoms. The molecule has 2 N–H and O–H groups in total. The molecule has 1 aliphatic rings. The summed E-state index contributed by atoms with van der Waals surface area (Å²) in [7, 11) is 1.90. The molecule has 1 saturated heterocycles. The summed E-state index contributed by atoms with van der Waals surface area (Å²) in [6.45, 7) is 3.68. The molecule has 1 aromatic carbocycles. The molecule has 1 heterocycles. The molecule has 1 fully saturated rings. The Kier molecular flexibility index (Phi) is 6.31. The van der Waals surface area contributed by atoms with Crippen LogP contribution in [0.5, 0.6) is 0 Å². The Balaban J connectivity index is 1.87. The van der Waals surface area contributed by atoms with Crippen molar-refractivity contribution in [2.75, 3.05) is 26.7 Å². The minimum absolute atomic E-state index is 0.0301. The minimum atomic E-state index is -0.329. The lowest BCUT2D eigenvalue weighted by atomic mass is 9.97. The third-order valence-electron chi connectivity index (χ3n) is 4.82. The van der Waals surface area contributed by atoms with E-state index in [4.69, 9.17) is 5.73 Å². The smallest absolute Gasteiger partial charge is 0.239 e. The van der Waals surface area contributed by atoms with Crippen molar-refractivity contribution in [2.45, 2.75) is 32.2 Å². The van der Waals surface area contributed by atoms with E-state index in [1.54, 1.807) is 17.0 Å². The van der Waals surface area contributed by atoms with Gasteiger partial charge in [0.25, 0.3) is 0 Å². The third kappa shape index (κ3) is 4.77. The van der Waals surface area contributed by atoms with E-state index in [0.29, 0.717) is 19.6 Å². The van der Waals surface area contributed by atoms with Gasteiger partial charge in [-0.05, 0) is 50.9 Å². The molecule has 0 saturated carbocycles. The zero-order valence-corrected chi connectivity index (χ0v) is 14.4. The van der Waals surface area contributed by atoms with Crippen LogP contribution in [0.15, 0.2) is 24.3 Å². The summed E-state index contributed by atoms with van der Waals surface area (Å²) in [5.41, 5.74) is 6.41. The van der Waals surface area contributed by atoms with Crippen molar-refractivity contribution >= 4 is 11.8 Å². The number of likely N-dealkylation sites (N-methyl/N-ethyl adjacent to an activating group) is 1. The fourth-order valence-electron chi connectivity index (χ4n) is 3.01. The quantitative estimate of drug-likeness (QED) is 0.855. The summed E-state index contributed by atoms with van der Waals surface area (Å²) in [5, 5.41) is 0. The van der Waals surface area contributed by atoms with E-state index >= 15 is 0 Å². The predicted octanol–water partition coefficient (Wildman–Crippen LogP) is 1.41. The Labute approximate surface area is 142 Å². The van der Waals surface area contributed by atoms with Gasteiger partial charge in [0.2, 0.25) is 11.8 Å². The number of likely N-dealkylation sites (tertiary alicyclic amines) is 1. The largest absolute Gasteiger partial charge is 0.369 e. The second kappa shape index (κ2) is 8.24. The highest BCUT2D eigenvalue weighted by molar-refractivity contribution is 5.83. The van der Waals surface area contributed by atoms with Crippen molar-refractivity contribution in [3.05, 3.63) is 35.6 Å². The molecule has 0 radical (unpaired) electrons. The van der Waals surface area contributed by atoms with E-state index in [0.717, 1.165) is 24.8 Å². The van der Waals surface area contributed by atoms with E-state index in [-0.39, 0.29) is 29.6 Å². The molecule has 2 rings (SSSR count). The number of nitrogens with two attached hydrogens (primary N) is 1. The first-order chi connectivity index (χ1) is 11.4. The summed E-state index contributed by atoms with van der Waals surface area (Å²) in [6, 6.07) is 6.15. The number of halogens is 1. The summed E-state index contributed by atoms with van der Waals surface area (Å²) in [6.07, 6.45) is 2.32. The number of carbonyl (C=O) groups is 2. The highest BCUT2D eigenvalue weighted by Gasteiger charge is 2.30. The van der Waals surface area contributed by atoms with Gasteiger partial charge >= 0.3 is 0 Å². The molecule has 2 atom stereocenters. The number of amides is 2. The standard InChI is InChI=1S/C18H26FN3O2/c1-13(18(24)22-10-3-4-15(12-22)17(20)23)21(2)11-9-14-5-7-16(19)8-6-14/h5-8,13,15H,3-4,9-12H2,1-2H3,(H2,20,23)/t13-,15+/m1/s1. The zero-order valence-electron chi connectivity index (χ0n) is 14.4. The summed E-state index contributed by atoms with van der Waals surface area (Å²) in [5.74, 6) is -0.781. The maximum atomic E-state index is 12.9. The van der Waals surface area contributed by atoms with Crippen molar-refractivity contribution in [1.29, 1.82) is 0 Å². The predicted molar refractivity (Wildman–Crippen MR) is 90.7 cm³/mol. The van der Waals surface area contributed by atoms with Gasteiger partial charge in [0, 0.05) is 19.6 Å². The Hall–Kier alpha value is -1.95. The van der Waals surface area contributed by atoms with Crippen LogP contribution in [0.3, 0.4) is 0 Å². The maximum absolute atomic E-state index is 12.9. The zero-order chi connectivity index (χ0) is 17.7. The van der Waals surface area contributed by atoms with Gasteiger partial charge in [-0.3, -0.25) is 14.5 Å². The van der Waals surface area contributed by atoms with Crippen LogP contribution in [-0.4, -0.2) is 54.3 Å². The number of nitrogens with zero attached hydrogens (tertiary/aromatic N) is 2. The topological polar surface area (TPSA) is 66.6 Å². The Morgan fingerprint density at radius 3 is 2.67 bits per heavy atom. The van der Waals surface area contributed by atoms with Crippen molar-refractivity contribution < 1.29 is 14.0 Å². The van der Waals surface area contributed by atoms with Crippen molar-refractivity contribution in [2.24, 2.45) is 11.7 Å². The number of carbonyl (C=O) groups excluding carboxylic acids is 2. The molecular weight excluding hydrogens is 309 g/mol. The van der Waals surface area contributed by atoms with E-state index in [1.807, 2.05) is 18.9 Å². The third-order valence-corrected chi connectivity index (χ3v) is 4.82. The first kappa shape index (κ1) is 18.4. The van der Waals surface area contributed by atoms with Gasteiger partial charge in [0.05, 0.1) is 12.0 Å². The van der Waals surface area contributed by atoms with Crippen LogP contribution in [0.2, 0.25) is 0 Å². The average Bonchev–Trinajstić information content (AvgIpc) is 2.59. The molecule has 2 amide bonds. The highest BCUT2D eigenvalue weighted by Crippen LogP contribution is 2.18. The Bertz CT molecular complexity index is 576. The highest BCUT2D eigenvalue weighted by atomic mass is 19.1. The van der Waals surface area contributed by atoms with Crippen LogP contribution in [0, 0.1) is 11.7 Å². The number of hydrogen-bond donors (Lipinski definition) is 1. The van der Waals surface area contributed by atoms with Crippen molar-refractivity contribution in [3.8, 4) is 0 Å². The van der Waals surface area contributed by atoms with Crippen molar-refractivity contribution in [1.82, 2.24) is 9.80 Å². The van der Waals surface area contributed by atoms with Crippen LogP contribution < -0.4 is 5.73 Å². The molecule has 5 nitrogen and oxygen atoms in total. The van der Waals surface area contributed by atoms with E-state index in [9.17, 15) is 14.0 Å². The summed E-state index contributed by atoms with van der Waals surface area (Å²) < 4.78 is 12.9. The molecule has 24 heavy (non-hydrogen) atoms. The van der Waals surface area contributed by atoms with Gasteiger partial charge in [0.15, 0.2) is 0 Å². The fraction of sp³-hybridized carbons (Fsp3) is 0.556. The van der Waals surface area contributed by atoms with Gasteiger partial charge in [-0.2, -0.15) is 0 Å². The molecule has 0 unspecified atom stereocenters. The number of piperidine rings is 1. The molecule has 1 aliphatic heterocycles. The van der Waals surface area contributed by atoms with Gasteiger partial charge < -0.3 is 10.6 Å². The summed E-state index contributed by atoms with van der Waals surface area (Å²) >= 11 is 0. The minimum Gasteiger partial charge on any atom is -0.369 e. The monoisotopic (exact) mass is 335 g/mol. The van der Waals surface area contributed by atoms with E-state index in [2.05, 4.69) is 0 Å². The van der Waals surface area contributed by atoms with Gasteiger partial charge in [-0.25, -0.2) is 4.39 Å². The lowest BCUT2D eigenvalue weighted by Crippen LogP contribution is -2.51. The molecule has 6 heteroatoms. The average molecular weight is 335 g/mol. The molecule has 0 aromatic heterocycles. The summed E-state index contributed by atoms with van der Waals surface area (Å²) in [4.78, 5) is 27.7. The normalized spacial score (nSPS) is 19.3. The fourth-order valence-corrected chi connectivity index (χ4v) is 3.01. The SMILES string of the molecule is C[C@H](C(=O)N1CCC[C@H](C(N)=O)C1)N(C)CCc1ccc(F)cc1. The second-order valence-corrected chi connectivity index (χ2v) is 6.56. The number of benzene rings is 1. The van der Waals surface area contributed by atoms with Crippen LogP contribution >= 0.6 is 0 Å². The van der Waals surface area contributed by atoms with Crippen LogP contribution in [0.4, 0.5) is 4.39 Å². The van der Waals surface area contributed by atoms with Crippen LogP contribution in [0.1, 0.15) is 25.3 Å². The Morgan fingerprint density at radius 2 is 2.04 bits per heavy atom.